The topological polar surface area (TPSA) is 37.9 Å². The van der Waals surface area contributed by atoms with Crippen molar-refractivity contribution in [3.8, 4) is 0 Å². The van der Waals surface area contributed by atoms with Gasteiger partial charge in [0.15, 0.2) is 17.6 Å². The van der Waals surface area contributed by atoms with Gasteiger partial charge in [-0.3, -0.25) is 4.79 Å². The van der Waals surface area contributed by atoms with Crippen LogP contribution in [0.5, 0.6) is 0 Å². The molecular formula is C16H15ClIN3O. The molecular weight excluding hydrogens is 413 g/mol. The fraction of sp³-hybridized carbons (Fsp3) is 0.125. The molecule has 0 saturated heterocycles. The van der Waals surface area contributed by atoms with Crippen LogP contribution in [0.15, 0.2) is 54.9 Å². The van der Waals surface area contributed by atoms with Crippen molar-refractivity contribution in [2.75, 3.05) is 5.32 Å². The molecule has 6 heteroatoms. The summed E-state index contributed by atoms with van der Waals surface area (Å²) in [7, 11) is 1.97. The van der Waals surface area contributed by atoms with Crippen molar-refractivity contribution in [1.82, 2.24) is 4.57 Å². The normalized spacial score (nSPS) is 10.3. The lowest BCUT2D eigenvalue weighted by molar-refractivity contribution is -0.645. The van der Waals surface area contributed by atoms with E-state index in [1.54, 1.807) is 12.1 Å². The summed E-state index contributed by atoms with van der Waals surface area (Å²) in [5.74, 6) is -0.0846. The van der Waals surface area contributed by atoms with Gasteiger partial charge in [0.1, 0.15) is 0 Å². The van der Waals surface area contributed by atoms with Crippen LogP contribution < -0.4 is 33.9 Å². The lowest BCUT2D eigenvalue weighted by atomic mass is 10.3. The van der Waals surface area contributed by atoms with E-state index in [1.807, 2.05) is 58.9 Å². The molecule has 0 aliphatic heterocycles. The van der Waals surface area contributed by atoms with E-state index < -0.39 is 0 Å². The minimum atomic E-state index is -0.0846. The fourth-order valence-corrected chi connectivity index (χ4v) is 2.58. The number of aryl methyl sites for hydroxylation is 1. The first-order valence-electron chi connectivity index (χ1n) is 6.62. The Morgan fingerprint density at radius 2 is 2.00 bits per heavy atom. The number of nitrogens with zero attached hydrogens (tertiary/aromatic N) is 2. The van der Waals surface area contributed by atoms with E-state index in [2.05, 4.69) is 5.32 Å². The Morgan fingerprint density at radius 1 is 1.23 bits per heavy atom. The molecule has 0 aliphatic carbocycles. The van der Waals surface area contributed by atoms with Crippen LogP contribution in [0.1, 0.15) is 0 Å². The van der Waals surface area contributed by atoms with E-state index in [9.17, 15) is 4.79 Å². The average molecular weight is 428 g/mol. The fourth-order valence-electron chi connectivity index (χ4n) is 2.39. The molecule has 0 unspecified atom stereocenters. The van der Waals surface area contributed by atoms with Gasteiger partial charge in [-0.2, -0.15) is 0 Å². The third-order valence-electron chi connectivity index (χ3n) is 3.31. The van der Waals surface area contributed by atoms with Gasteiger partial charge in [-0.05, 0) is 30.3 Å². The highest BCUT2D eigenvalue weighted by Crippen LogP contribution is 2.15. The van der Waals surface area contributed by atoms with E-state index in [0.29, 0.717) is 10.7 Å². The maximum absolute atomic E-state index is 12.2. The van der Waals surface area contributed by atoms with Crippen molar-refractivity contribution in [1.29, 1.82) is 0 Å². The number of aromatic nitrogens is 2. The number of halogens is 2. The van der Waals surface area contributed by atoms with Crippen molar-refractivity contribution in [2.45, 2.75) is 6.54 Å². The molecule has 2 aromatic carbocycles. The molecule has 0 bridgehead atoms. The van der Waals surface area contributed by atoms with Gasteiger partial charge in [0.25, 0.3) is 5.91 Å². The molecule has 1 aromatic heterocycles. The molecule has 3 aromatic rings. The number of rotatable bonds is 3. The summed E-state index contributed by atoms with van der Waals surface area (Å²) in [4.78, 5) is 12.2. The number of imidazole rings is 1. The number of anilines is 1. The second kappa shape index (κ2) is 7.11. The zero-order valence-electron chi connectivity index (χ0n) is 12.0. The minimum absolute atomic E-state index is 0. The molecule has 0 saturated carbocycles. The first-order chi connectivity index (χ1) is 10.1. The number of benzene rings is 2. The summed E-state index contributed by atoms with van der Waals surface area (Å²) in [6, 6.07) is 15.1. The first-order valence-corrected chi connectivity index (χ1v) is 7.00. The molecule has 0 aliphatic rings. The molecule has 0 spiro atoms. The molecule has 1 heterocycles. The lowest BCUT2D eigenvalue weighted by Crippen LogP contribution is -3.00. The lowest BCUT2D eigenvalue weighted by Gasteiger charge is -2.04. The van der Waals surface area contributed by atoms with E-state index in [0.717, 1.165) is 11.0 Å². The quantitative estimate of drug-likeness (QED) is 0.455. The van der Waals surface area contributed by atoms with Gasteiger partial charge < -0.3 is 29.3 Å². The highest BCUT2D eigenvalue weighted by molar-refractivity contribution is 6.30. The zero-order chi connectivity index (χ0) is 14.8. The Morgan fingerprint density at radius 3 is 2.77 bits per heavy atom. The Hall–Kier alpha value is -1.60. The van der Waals surface area contributed by atoms with Crippen molar-refractivity contribution < 1.29 is 33.3 Å². The summed E-state index contributed by atoms with van der Waals surface area (Å²) < 4.78 is 3.93. The number of hydrogen-bond donors (Lipinski definition) is 1. The number of hydrogen-bond acceptors (Lipinski definition) is 1. The van der Waals surface area contributed by atoms with Gasteiger partial charge in [-0.25, -0.2) is 9.13 Å². The Kier molecular flexibility index (Phi) is 5.42. The number of para-hydroxylation sites is 2. The molecule has 1 amide bonds. The summed E-state index contributed by atoms with van der Waals surface area (Å²) in [6.07, 6.45) is 1.92. The van der Waals surface area contributed by atoms with Crippen LogP contribution in [0.2, 0.25) is 5.02 Å². The second-order valence-corrected chi connectivity index (χ2v) is 5.34. The molecule has 3 rings (SSSR count). The largest absolute Gasteiger partial charge is 1.00 e. The number of carbonyl (C=O) groups excluding carboxylic acids is 1. The third kappa shape index (κ3) is 3.59. The summed E-state index contributed by atoms with van der Waals surface area (Å²) >= 11 is 5.91. The monoisotopic (exact) mass is 427 g/mol. The second-order valence-electron chi connectivity index (χ2n) is 4.90. The van der Waals surface area contributed by atoms with Crippen molar-refractivity contribution >= 4 is 34.2 Å². The molecule has 22 heavy (non-hydrogen) atoms. The first kappa shape index (κ1) is 16.8. The van der Waals surface area contributed by atoms with Crippen LogP contribution in [0, 0.1) is 0 Å². The summed E-state index contributed by atoms with van der Waals surface area (Å²) in [6.45, 7) is 0.258. The van der Waals surface area contributed by atoms with Crippen LogP contribution in [0.3, 0.4) is 0 Å². The van der Waals surface area contributed by atoms with Crippen molar-refractivity contribution in [2.24, 2.45) is 7.05 Å². The van der Waals surface area contributed by atoms with Crippen LogP contribution in [-0.2, 0) is 18.4 Å². The van der Waals surface area contributed by atoms with Gasteiger partial charge in [0.05, 0.1) is 7.05 Å². The number of fused-ring (bicyclic) bond motifs is 1. The van der Waals surface area contributed by atoms with Crippen molar-refractivity contribution in [3.05, 3.63) is 59.9 Å². The van der Waals surface area contributed by atoms with Crippen molar-refractivity contribution in [3.63, 3.8) is 0 Å². The van der Waals surface area contributed by atoms with Gasteiger partial charge in [-0.1, -0.05) is 29.8 Å². The molecule has 1 N–H and O–H groups in total. The van der Waals surface area contributed by atoms with Gasteiger partial charge in [0.2, 0.25) is 6.33 Å². The van der Waals surface area contributed by atoms with Crippen LogP contribution in [0.25, 0.3) is 11.0 Å². The van der Waals surface area contributed by atoms with Crippen LogP contribution >= 0.6 is 11.6 Å². The van der Waals surface area contributed by atoms with E-state index in [1.165, 1.54) is 0 Å². The Labute approximate surface area is 150 Å². The predicted octanol–water partition coefficient (Wildman–Crippen LogP) is -0.238. The van der Waals surface area contributed by atoms with E-state index in [-0.39, 0.29) is 36.4 Å². The number of carbonyl (C=O) groups is 1. The van der Waals surface area contributed by atoms with Crippen LogP contribution in [-0.4, -0.2) is 10.5 Å². The standard InChI is InChI=1S/C16H14ClN3O.HI/c1-19-11-20(15-8-3-2-7-14(15)19)10-16(21)18-13-6-4-5-12(17)9-13;/h2-9,11H,10H2,1H3;1H. The number of amides is 1. The smallest absolute Gasteiger partial charge is 0.266 e. The van der Waals surface area contributed by atoms with E-state index >= 15 is 0 Å². The SMILES string of the molecule is C[n+]1cn(CC(=O)Nc2cccc(Cl)c2)c2ccccc21.[I-]. The highest BCUT2D eigenvalue weighted by atomic mass is 127. The average Bonchev–Trinajstić information content (AvgIpc) is 2.76. The Bertz CT molecular complexity index is 816. The van der Waals surface area contributed by atoms with Crippen LogP contribution in [0.4, 0.5) is 5.69 Å². The summed E-state index contributed by atoms with van der Waals surface area (Å²) in [5.41, 5.74) is 2.82. The maximum atomic E-state index is 12.2. The molecule has 0 atom stereocenters. The van der Waals surface area contributed by atoms with Gasteiger partial charge in [0, 0.05) is 10.7 Å². The van der Waals surface area contributed by atoms with E-state index in [4.69, 9.17) is 11.6 Å². The molecule has 0 fully saturated rings. The zero-order valence-corrected chi connectivity index (χ0v) is 14.9. The molecule has 0 radical (unpaired) electrons. The summed E-state index contributed by atoms with van der Waals surface area (Å²) in [5, 5.41) is 3.45. The minimum Gasteiger partial charge on any atom is -1.00 e. The Balaban J connectivity index is 0.00000176. The third-order valence-corrected chi connectivity index (χ3v) is 3.54. The van der Waals surface area contributed by atoms with Gasteiger partial charge >= 0.3 is 0 Å². The maximum Gasteiger partial charge on any atom is 0.266 e. The predicted molar refractivity (Wildman–Crippen MR) is 83.2 cm³/mol. The number of nitrogens with one attached hydrogen (secondary N) is 1. The molecule has 4 nitrogen and oxygen atoms in total. The molecule has 114 valence electrons. The highest BCUT2D eigenvalue weighted by Gasteiger charge is 2.15. The van der Waals surface area contributed by atoms with Gasteiger partial charge in [-0.15, -0.1) is 0 Å².